The second-order valence-electron chi connectivity index (χ2n) is 6.25. The number of hydrogen-bond acceptors (Lipinski definition) is 2. The lowest BCUT2D eigenvalue weighted by molar-refractivity contribution is -0.117. The topological polar surface area (TPSA) is 56.7 Å². The SMILES string of the molecule is CCNC(=NCC(=O)N1CCCc2ccccc21)NCC(C)C. The number of carbonyl (C=O) groups is 1. The van der Waals surface area contributed by atoms with Crippen molar-refractivity contribution in [2.24, 2.45) is 10.9 Å². The van der Waals surface area contributed by atoms with Gasteiger partial charge >= 0.3 is 0 Å². The molecule has 5 nitrogen and oxygen atoms in total. The van der Waals surface area contributed by atoms with Crippen molar-refractivity contribution in [3.05, 3.63) is 29.8 Å². The molecule has 1 heterocycles. The van der Waals surface area contributed by atoms with Crippen LogP contribution in [0.4, 0.5) is 5.69 Å². The smallest absolute Gasteiger partial charge is 0.248 e. The molecule has 0 spiro atoms. The van der Waals surface area contributed by atoms with Gasteiger partial charge in [0.1, 0.15) is 6.54 Å². The Morgan fingerprint density at radius 2 is 2.09 bits per heavy atom. The van der Waals surface area contributed by atoms with Crippen molar-refractivity contribution in [3.63, 3.8) is 0 Å². The number of aliphatic imine (C=N–C) groups is 1. The molecule has 0 saturated carbocycles. The first-order valence-corrected chi connectivity index (χ1v) is 8.52. The second-order valence-corrected chi connectivity index (χ2v) is 6.25. The summed E-state index contributed by atoms with van der Waals surface area (Å²) in [5.41, 5.74) is 2.29. The Labute approximate surface area is 139 Å². The predicted molar refractivity (Wildman–Crippen MR) is 95.9 cm³/mol. The molecule has 0 bridgehead atoms. The van der Waals surface area contributed by atoms with Crippen LogP contribution in [-0.2, 0) is 11.2 Å². The lowest BCUT2D eigenvalue weighted by Gasteiger charge is -2.29. The number of para-hydroxylation sites is 1. The molecule has 23 heavy (non-hydrogen) atoms. The van der Waals surface area contributed by atoms with Gasteiger partial charge in [0, 0.05) is 25.3 Å². The average Bonchev–Trinajstić information content (AvgIpc) is 2.56. The van der Waals surface area contributed by atoms with E-state index in [1.807, 2.05) is 30.0 Å². The Morgan fingerprint density at radius 3 is 2.83 bits per heavy atom. The molecular formula is C18H28N4O. The lowest BCUT2D eigenvalue weighted by Crippen LogP contribution is -2.41. The molecule has 1 amide bonds. The molecule has 1 aliphatic rings. The molecule has 0 unspecified atom stereocenters. The fraction of sp³-hybridized carbons (Fsp3) is 0.556. The van der Waals surface area contributed by atoms with Crippen molar-refractivity contribution in [1.82, 2.24) is 10.6 Å². The molecule has 1 aromatic carbocycles. The molecule has 1 aliphatic heterocycles. The summed E-state index contributed by atoms with van der Waals surface area (Å²) in [5, 5.41) is 6.45. The van der Waals surface area contributed by atoms with Crippen LogP contribution in [0.3, 0.4) is 0 Å². The zero-order chi connectivity index (χ0) is 16.7. The van der Waals surface area contributed by atoms with Crippen LogP contribution in [0.2, 0.25) is 0 Å². The normalized spacial score (nSPS) is 14.6. The van der Waals surface area contributed by atoms with E-state index < -0.39 is 0 Å². The van der Waals surface area contributed by atoms with Gasteiger partial charge in [0.2, 0.25) is 5.91 Å². The number of guanidine groups is 1. The first-order valence-electron chi connectivity index (χ1n) is 8.52. The highest BCUT2D eigenvalue weighted by Gasteiger charge is 2.21. The van der Waals surface area contributed by atoms with E-state index in [1.54, 1.807) is 0 Å². The summed E-state index contributed by atoms with van der Waals surface area (Å²) in [6.45, 7) is 8.88. The van der Waals surface area contributed by atoms with Gasteiger partial charge in [-0.05, 0) is 37.3 Å². The molecule has 0 aliphatic carbocycles. The number of fused-ring (bicyclic) bond motifs is 1. The maximum Gasteiger partial charge on any atom is 0.248 e. The number of benzene rings is 1. The minimum absolute atomic E-state index is 0.0545. The number of carbonyl (C=O) groups excluding carboxylic acids is 1. The minimum Gasteiger partial charge on any atom is -0.357 e. The summed E-state index contributed by atoms with van der Waals surface area (Å²) in [6.07, 6.45) is 2.06. The van der Waals surface area contributed by atoms with Crippen LogP contribution in [0.15, 0.2) is 29.3 Å². The predicted octanol–water partition coefficient (Wildman–Crippen LogP) is 2.18. The fourth-order valence-corrected chi connectivity index (χ4v) is 2.67. The maximum absolute atomic E-state index is 12.6. The zero-order valence-corrected chi connectivity index (χ0v) is 14.4. The largest absolute Gasteiger partial charge is 0.357 e. The maximum atomic E-state index is 12.6. The zero-order valence-electron chi connectivity index (χ0n) is 14.4. The van der Waals surface area contributed by atoms with Crippen LogP contribution in [0.25, 0.3) is 0 Å². The third kappa shape index (κ3) is 4.98. The van der Waals surface area contributed by atoms with E-state index in [1.165, 1.54) is 5.56 Å². The number of nitrogens with one attached hydrogen (secondary N) is 2. The second kappa shape index (κ2) is 8.56. The average molecular weight is 316 g/mol. The van der Waals surface area contributed by atoms with Crippen LogP contribution in [-0.4, -0.2) is 38.0 Å². The molecule has 1 aromatic rings. The molecule has 5 heteroatoms. The molecule has 0 aromatic heterocycles. The van der Waals surface area contributed by atoms with Gasteiger partial charge < -0.3 is 15.5 Å². The molecule has 0 fully saturated rings. The first kappa shape index (κ1) is 17.3. The fourth-order valence-electron chi connectivity index (χ4n) is 2.67. The van der Waals surface area contributed by atoms with Gasteiger partial charge in [0.25, 0.3) is 0 Å². The van der Waals surface area contributed by atoms with Crippen molar-refractivity contribution in [2.45, 2.75) is 33.6 Å². The Kier molecular flexibility index (Phi) is 6.44. The van der Waals surface area contributed by atoms with Crippen molar-refractivity contribution in [2.75, 3.05) is 31.1 Å². The number of aryl methyl sites for hydroxylation is 1. The molecule has 2 N–H and O–H groups in total. The highest BCUT2D eigenvalue weighted by atomic mass is 16.2. The quantitative estimate of drug-likeness (QED) is 0.647. The van der Waals surface area contributed by atoms with Crippen molar-refractivity contribution >= 4 is 17.6 Å². The Bertz CT molecular complexity index is 554. The van der Waals surface area contributed by atoms with Gasteiger partial charge in [-0.1, -0.05) is 32.0 Å². The van der Waals surface area contributed by atoms with Gasteiger partial charge in [-0.2, -0.15) is 0 Å². The summed E-state index contributed by atoms with van der Waals surface area (Å²) in [7, 11) is 0. The van der Waals surface area contributed by atoms with E-state index in [0.29, 0.717) is 11.9 Å². The molecule has 0 saturated heterocycles. The third-order valence-electron chi connectivity index (χ3n) is 3.81. The molecule has 2 rings (SSSR count). The number of rotatable bonds is 5. The standard InChI is InChI=1S/C18H28N4O/c1-4-19-18(20-12-14(2)3)21-13-17(23)22-11-7-9-15-8-5-6-10-16(15)22/h5-6,8,10,14H,4,7,9,11-13H2,1-3H3,(H2,19,20,21). The lowest BCUT2D eigenvalue weighted by atomic mass is 10.0. The monoisotopic (exact) mass is 316 g/mol. The van der Waals surface area contributed by atoms with Gasteiger partial charge in [-0.25, -0.2) is 4.99 Å². The Balaban J connectivity index is 2.01. The van der Waals surface area contributed by atoms with E-state index >= 15 is 0 Å². The van der Waals surface area contributed by atoms with E-state index in [9.17, 15) is 4.79 Å². The van der Waals surface area contributed by atoms with Crippen LogP contribution < -0.4 is 15.5 Å². The van der Waals surface area contributed by atoms with Crippen LogP contribution in [0.5, 0.6) is 0 Å². The van der Waals surface area contributed by atoms with E-state index in [0.717, 1.165) is 38.2 Å². The molecule has 0 radical (unpaired) electrons. The summed E-state index contributed by atoms with van der Waals surface area (Å²) in [5.74, 6) is 1.29. The Hall–Kier alpha value is -2.04. The van der Waals surface area contributed by atoms with E-state index in [2.05, 4.69) is 35.5 Å². The Morgan fingerprint density at radius 1 is 1.30 bits per heavy atom. The van der Waals surface area contributed by atoms with E-state index in [-0.39, 0.29) is 12.5 Å². The van der Waals surface area contributed by atoms with Crippen LogP contribution in [0, 0.1) is 5.92 Å². The van der Waals surface area contributed by atoms with Crippen molar-refractivity contribution in [3.8, 4) is 0 Å². The summed E-state index contributed by atoms with van der Waals surface area (Å²) < 4.78 is 0. The van der Waals surface area contributed by atoms with Crippen LogP contribution >= 0.6 is 0 Å². The van der Waals surface area contributed by atoms with Crippen molar-refractivity contribution < 1.29 is 4.79 Å². The first-order chi connectivity index (χ1) is 11.1. The summed E-state index contributed by atoms with van der Waals surface area (Å²) >= 11 is 0. The minimum atomic E-state index is 0.0545. The van der Waals surface area contributed by atoms with Gasteiger partial charge in [-0.3, -0.25) is 4.79 Å². The number of hydrogen-bond donors (Lipinski definition) is 2. The van der Waals surface area contributed by atoms with E-state index in [4.69, 9.17) is 0 Å². The highest BCUT2D eigenvalue weighted by molar-refractivity contribution is 5.97. The molecular weight excluding hydrogens is 288 g/mol. The van der Waals surface area contributed by atoms with Gasteiger partial charge in [-0.15, -0.1) is 0 Å². The van der Waals surface area contributed by atoms with Gasteiger partial charge in [0.05, 0.1) is 0 Å². The molecule has 126 valence electrons. The number of amides is 1. The summed E-state index contributed by atoms with van der Waals surface area (Å²) in [6, 6.07) is 8.15. The van der Waals surface area contributed by atoms with Crippen molar-refractivity contribution in [1.29, 1.82) is 0 Å². The number of anilines is 1. The molecule has 0 atom stereocenters. The highest BCUT2D eigenvalue weighted by Crippen LogP contribution is 2.26. The summed E-state index contributed by atoms with van der Waals surface area (Å²) in [4.78, 5) is 18.9. The number of nitrogens with zero attached hydrogens (tertiary/aromatic N) is 2. The third-order valence-corrected chi connectivity index (χ3v) is 3.81. The van der Waals surface area contributed by atoms with Gasteiger partial charge in [0.15, 0.2) is 5.96 Å². The van der Waals surface area contributed by atoms with Crippen LogP contribution in [0.1, 0.15) is 32.8 Å².